The number of halogens is 3. The summed E-state index contributed by atoms with van der Waals surface area (Å²) in [5.41, 5.74) is 0.782. The van der Waals surface area contributed by atoms with E-state index in [1.807, 2.05) is 0 Å². The Labute approximate surface area is 127 Å². The van der Waals surface area contributed by atoms with Crippen LogP contribution in [0.15, 0.2) is 35.1 Å². The summed E-state index contributed by atoms with van der Waals surface area (Å²) in [6.07, 6.45) is 1.43. The fraction of sp³-hybridized carbons (Fsp3) is 0. The van der Waals surface area contributed by atoms with Gasteiger partial charge in [-0.25, -0.2) is 4.98 Å². The average Bonchev–Trinajstić information content (AvgIpc) is 2.36. The second kappa shape index (κ2) is 5.77. The van der Waals surface area contributed by atoms with E-state index in [-0.39, 0.29) is 21.7 Å². The highest BCUT2D eigenvalue weighted by Gasteiger charge is 2.10. The molecule has 0 aliphatic rings. The first-order valence-electron chi connectivity index (χ1n) is 5.08. The third kappa shape index (κ3) is 3.37. The molecular weight excluding hydrogens is 355 g/mol. The molecule has 1 aromatic heterocycles. The molecule has 0 radical (unpaired) electrons. The summed E-state index contributed by atoms with van der Waals surface area (Å²) in [7, 11) is 0. The number of rotatable bonds is 2. The van der Waals surface area contributed by atoms with Gasteiger partial charge in [0, 0.05) is 11.9 Å². The minimum Gasteiger partial charge on any atom is -0.505 e. The van der Waals surface area contributed by atoms with Crippen LogP contribution >= 0.6 is 39.1 Å². The average molecular weight is 362 g/mol. The molecule has 0 fully saturated rings. The van der Waals surface area contributed by atoms with Crippen molar-refractivity contribution in [3.05, 3.63) is 50.7 Å². The molecule has 2 aromatic rings. The second-order valence-corrected chi connectivity index (χ2v) is 5.24. The smallest absolute Gasteiger partial charge is 0.257 e. The number of benzene rings is 1. The van der Waals surface area contributed by atoms with Crippen molar-refractivity contribution in [3.8, 4) is 5.75 Å². The van der Waals surface area contributed by atoms with Crippen LogP contribution in [-0.4, -0.2) is 16.0 Å². The van der Waals surface area contributed by atoms with Crippen LogP contribution in [0, 0.1) is 0 Å². The van der Waals surface area contributed by atoms with Crippen molar-refractivity contribution in [1.29, 1.82) is 0 Å². The van der Waals surface area contributed by atoms with Crippen LogP contribution in [-0.2, 0) is 0 Å². The largest absolute Gasteiger partial charge is 0.505 e. The standard InChI is InChI=1S/C12H7BrCl2N2O2/c13-10-2-1-6(5-16-10)12(19)17-7-3-8(14)11(18)9(15)4-7/h1-5,18H,(H,17,19). The van der Waals surface area contributed by atoms with Gasteiger partial charge in [-0.2, -0.15) is 0 Å². The highest BCUT2D eigenvalue weighted by Crippen LogP contribution is 2.34. The van der Waals surface area contributed by atoms with Crippen LogP contribution in [0.2, 0.25) is 10.0 Å². The molecule has 0 saturated carbocycles. The van der Waals surface area contributed by atoms with Gasteiger partial charge in [0.05, 0.1) is 15.6 Å². The molecule has 0 aliphatic carbocycles. The zero-order valence-electron chi connectivity index (χ0n) is 9.32. The van der Waals surface area contributed by atoms with Gasteiger partial charge in [-0.3, -0.25) is 4.79 Å². The van der Waals surface area contributed by atoms with Crippen molar-refractivity contribution in [1.82, 2.24) is 4.98 Å². The zero-order chi connectivity index (χ0) is 14.0. The molecule has 0 aliphatic heterocycles. The summed E-state index contributed by atoms with van der Waals surface area (Å²) in [4.78, 5) is 15.9. The molecule has 1 aromatic carbocycles. The number of amides is 1. The highest BCUT2D eigenvalue weighted by molar-refractivity contribution is 9.10. The predicted molar refractivity (Wildman–Crippen MR) is 78.0 cm³/mol. The monoisotopic (exact) mass is 360 g/mol. The van der Waals surface area contributed by atoms with Gasteiger partial charge in [-0.15, -0.1) is 0 Å². The molecule has 0 saturated heterocycles. The van der Waals surface area contributed by atoms with Gasteiger partial charge in [-0.1, -0.05) is 23.2 Å². The van der Waals surface area contributed by atoms with Crippen LogP contribution in [0.3, 0.4) is 0 Å². The van der Waals surface area contributed by atoms with Crippen molar-refractivity contribution in [2.45, 2.75) is 0 Å². The molecule has 4 nitrogen and oxygen atoms in total. The van der Waals surface area contributed by atoms with Gasteiger partial charge in [-0.05, 0) is 40.2 Å². The lowest BCUT2D eigenvalue weighted by Crippen LogP contribution is -2.12. The molecule has 98 valence electrons. The number of nitrogens with one attached hydrogen (secondary N) is 1. The predicted octanol–water partition coefficient (Wildman–Crippen LogP) is 4.11. The SMILES string of the molecule is O=C(Nc1cc(Cl)c(O)c(Cl)c1)c1ccc(Br)nc1. The zero-order valence-corrected chi connectivity index (χ0v) is 12.4. The minimum atomic E-state index is -0.349. The Bertz CT molecular complexity index is 609. The Morgan fingerprint density at radius 3 is 2.42 bits per heavy atom. The van der Waals surface area contributed by atoms with E-state index in [2.05, 4.69) is 26.2 Å². The van der Waals surface area contributed by atoms with E-state index in [0.29, 0.717) is 15.9 Å². The molecule has 0 bridgehead atoms. The number of nitrogens with zero attached hydrogens (tertiary/aromatic N) is 1. The van der Waals surface area contributed by atoms with Crippen molar-refractivity contribution >= 4 is 50.7 Å². The lowest BCUT2D eigenvalue weighted by atomic mass is 10.2. The quantitative estimate of drug-likeness (QED) is 0.625. The fourth-order valence-corrected chi connectivity index (χ4v) is 2.07. The molecule has 19 heavy (non-hydrogen) atoms. The van der Waals surface area contributed by atoms with E-state index < -0.39 is 0 Å². The Morgan fingerprint density at radius 2 is 1.89 bits per heavy atom. The maximum atomic E-state index is 11.9. The number of hydrogen-bond acceptors (Lipinski definition) is 3. The first-order chi connectivity index (χ1) is 8.97. The van der Waals surface area contributed by atoms with Gasteiger partial charge in [0.15, 0.2) is 5.75 Å². The summed E-state index contributed by atoms with van der Waals surface area (Å²) in [6.45, 7) is 0. The normalized spacial score (nSPS) is 10.3. The van der Waals surface area contributed by atoms with E-state index in [0.717, 1.165) is 0 Å². The van der Waals surface area contributed by atoms with Gasteiger partial charge in [0.2, 0.25) is 0 Å². The van der Waals surface area contributed by atoms with Crippen LogP contribution in [0.4, 0.5) is 5.69 Å². The number of pyridine rings is 1. The second-order valence-electron chi connectivity index (χ2n) is 3.61. The van der Waals surface area contributed by atoms with Crippen molar-refractivity contribution < 1.29 is 9.90 Å². The number of phenolic OH excluding ortho intramolecular Hbond substituents is 1. The van der Waals surface area contributed by atoms with E-state index >= 15 is 0 Å². The van der Waals surface area contributed by atoms with Crippen molar-refractivity contribution in [2.75, 3.05) is 5.32 Å². The summed E-state index contributed by atoms with van der Waals surface area (Å²) in [6, 6.07) is 6.10. The number of aromatic hydroxyl groups is 1. The molecule has 2 rings (SSSR count). The number of anilines is 1. The van der Waals surface area contributed by atoms with Crippen molar-refractivity contribution in [2.24, 2.45) is 0 Å². The number of carbonyl (C=O) groups is 1. The van der Waals surface area contributed by atoms with E-state index in [1.54, 1.807) is 12.1 Å². The van der Waals surface area contributed by atoms with Crippen LogP contribution in [0.25, 0.3) is 0 Å². The summed E-state index contributed by atoms with van der Waals surface area (Å²) < 4.78 is 0.639. The Balaban J connectivity index is 2.22. The molecule has 1 heterocycles. The lowest BCUT2D eigenvalue weighted by molar-refractivity contribution is 0.102. The van der Waals surface area contributed by atoms with Gasteiger partial charge < -0.3 is 10.4 Å². The number of carbonyl (C=O) groups excluding carboxylic acids is 1. The number of aromatic nitrogens is 1. The third-order valence-electron chi connectivity index (χ3n) is 2.26. The molecule has 7 heteroatoms. The fourth-order valence-electron chi connectivity index (χ4n) is 1.35. The molecule has 2 N–H and O–H groups in total. The molecule has 1 amide bonds. The van der Waals surface area contributed by atoms with Gasteiger partial charge >= 0.3 is 0 Å². The van der Waals surface area contributed by atoms with Crippen molar-refractivity contribution in [3.63, 3.8) is 0 Å². The Morgan fingerprint density at radius 1 is 1.26 bits per heavy atom. The number of hydrogen-bond donors (Lipinski definition) is 2. The summed E-state index contributed by atoms with van der Waals surface area (Å²) in [5, 5.41) is 12.2. The minimum absolute atomic E-state index is 0.0664. The molecular formula is C12H7BrCl2N2O2. The van der Waals surface area contributed by atoms with E-state index in [9.17, 15) is 9.90 Å². The van der Waals surface area contributed by atoms with Crippen LogP contribution in [0.5, 0.6) is 5.75 Å². The van der Waals surface area contributed by atoms with E-state index in [1.165, 1.54) is 18.3 Å². The topological polar surface area (TPSA) is 62.2 Å². The first-order valence-corrected chi connectivity index (χ1v) is 6.63. The molecule has 0 spiro atoms. The van der Waals surface area contributed by atoms with Gasteiger partial charge in [0.25, 0.3) is 5.91 Å². The number of phenols is 1. The Hall–Kier alpha value is -1.30. The van der Waals surface area contributed by atoms with Gasteiger partial charge in [0.1, 0.15) is 4.60 Å². The van der Waals surface area contributed by atoms with E-state index in [4.69, 9.17) is 23.2 Å². The summed E-state index contributed by atoms with van der Waals surface area (Å²) >= 11 is 14.7. The molecule has 0 atom stereocenters. The summed E-state index contributed by atoms with van der Waals surface area (Å²) in [5.74, 6) is -0.565. The highest BCUT2D eigenvalue weighted by atomic mass is 79.9. The van der Waals surface area contributed by atoms with Crippen LogP contribution in [0.1, 0.15) is 10.4 Å². The molecule has 0 unspecified atom stereocenters. The maximum absolute atomic E-state index is 11.9. The first kappa shape index (κ1) is 14.1. The van der Waals surface area contributed by atoms with Crippen LogP contribution < -0.4 is 5.32 Å². The Kier molecular flexibility index (Phi) is 4.29. The maximum Gasteiger partial charge on any atom is 0.257 e. The lowest BCUT2D eigenvalue weighted by Gasteiger charge is -2.07. The third-order valence-corrected chi connectivity index (χ3v) is 3.31.